The van der Waals surface area contributed by atoms with Crippen LogP contribution >= 0.6 is 0 Å². The van der Waals surface area contributed by atoms with Crippen molar-refractivity contribution in [3.8, 4) is 22.6 Å². The Balaban J connectivity index is 1.23. The van der Waals surface area contributed by atoms with Gasteiger partial charge >= 0.3 is 12.2 Å². The molecule has 2 aromatic carbocycles. The molecule has 0 bridgehead atoms. The van der Waals surface area contributed by atoms with Gasteiger partial charge in [-0.15, -0.1) is 0 Å². The number of benzene rings is 2. The van der Waals surface area contributed by atoms with E-state index < -0.39 is 57.2 Å². The Bertz CT molecular complexity index is 2360. The number of halogens is 2. The molecule has 0 saturated carbocycles. The number of carbonyl (C=O) groups excluding carboxylic acids is 2. The lowest BCUT2D eigenvalue weighted by Crippen LogP contribution is -2.44. The lowest BCUT2D eigenvalue weighted by atomic mass is 10.1. The average Bonchev–Trinajstić information content (AvgIpc) is 4.02. The van der Waals surface area contributed by atoms with Gasteiger partial charge in [-0.2, -0.15) is 0 Å². The normalized spacial score (nSPS) is 17.6. The molecule has 2 aliphatic heterocycles. The summed E-state index contributed by atoms with van der Waals surface area (Å²) in [5.41, 5.74) is 1.26. The SMILES string of the molecule is CC(C)(C)OC(=O)N1CCCC1c1nc2cc(-c3ccc(-c4cc5[nH]c(C6CCCN6C(=O)OC(C)(C)C)[n+](COCC[Si](C)(C)C)c5cc4F)o3)c(F)cc2n1COCC[Si](C)(C)C. The van der Waals surface area contributed by atoms with Gasteiger partial charge < -0.3 is 27.9 Å². The lowest BCUT2D eigenvalue weighted by molar-refractivity contribution is -0.717. The van der Waals surface area contributed by atoms with E-state index in [4.69, 9.17) is 28.3 Å². The van der Waals surface area contributed by atoms with Gasteiger partial charge in [-0.3, -0.25) is 9.80 Å². The maximum absolute atomic E-state index is 16.4. The number of hydrogen-bond donors (Lipinski definition) is 1. The van der Waals surface area contributed by atoms with Crippen molar-refractivity contribution in [2.24, 2.45) is 0 Å². The highest BCUT2D eigenvalue weighted by molar-refractivity contribution is 6.76. The second-order valence-electron chi connectivity index (χ2n) is 22.0. The van der Waals surface area contributed by atoms with Gasteiger partial charge in [0.05, 0.1) is 28.2 Å². The maximum Gasteiger partial charge on any atom is 0.411 e. The molecular formula is C48H69F2N6O7Si2+. The van der Waals surface area contributed by atoms with Crippen LogP contribution in [0.3, 0.4) is 0 Å². The number of fused-ring (bicyclic) bond motifs is 2. The molecule has 2 atom stereocenters. The first-order valence-electron chi connectivity index (χ1n) is 23.1. The molecule has 5 heterocycles. The molecule has 13 nitrogen and oxygen atoms in total. The predicted octanol–water partition coefficient (Wildman–Crippen LogP) is 11.8. The number of nitrogens with zero attached hydrogens (tertiary/aromatic N) is 5. The van der Waals surface area contributed by atoms with Crippen molar-refractivity contribution in [3.63, 3.8) is 0 Å². The third-order valence-corrected chi connectivity index (χ3v) is 15.2. The maximum atomic E-state index is 16.4. The number of likely N-dealkylation sites (tertiary alicyclic amines) is 2. The number of amides is 2. The van der Waals surface area contributed by atoms with Crippen molar-refractivity contribution in [1.82, 2.24) is 24.3 Å². The van der Waals surface area contributed by atoms with Crippen molar-refractivity contribution in [3.05, 3.63) is 59.7 Å². The quantitative estimate of drug-likeness (QED) is 0.0662. The van der Waals surface area contributed by atoms with E-state index in [1.807, 2.05) is 50.7 Å². The van der Waals surface area contributed by atoms with E-state index in [0.29, 0.717) is 67.0 Å². The fourth-order valence-corrected chi connectivity index (χ4v) is 9.93. The van der Waals surface area contributed by atoms with Gasteiger partial charge in [-0.05, 0) is 97.5 Å². The summed E-state index contributed by atoms with van der Waals surface area (Å²) in [5.74, 6) is 0.652. The van der Waals surface area contributed by atoms with Crippen LogP contribution in [0.1, 0.15) is 91.0 Å². The Hall–Kier alpha value is -4.59. The van der Waals surface area contributed by atoms with Gasteiger partial charge in [0, 0.05) is 60.7 Å². The standard InChI is InChI=1S/C48H68F2N6O7Si2/c1-47(2,3)62-45(57)53-19-13-15-37(53)43-51-35-25-31(33(49)27-39(35)55(43)29-59-21-23-64(7,8)9)41-17-18-42(61-41)32-26-36-40(28-34(32)50)56(30-60-22-24-65(10,11)12)44(52-36)38-16-14-20-54(38)46(58)63-48(4,5)6/h17-18,25-28,37-38H,13-16,19-24,29-30H2,1-12H3/p+1. The second kappa shape index (κ2) is 18.6. The Morgan fingerprint density at radius 2 is 1.32 bits per heavy atom. The van der Waals surface area contributed by atoms with Crippen molar-refractivity contribution in [1.29, 1.82) is 0 Å². The number of hydrogen-bond acceptors (Lipinski definition) is 8. The Kier molecular flexibility index (Phi) is 13.8. The van der Waals surface area contributed by atoms with Crippen molar-refractivity contribution in [2.75, 3.05) is 26.3 Å². The van der Waals surface area contributed by atoms with Crippen LogP contribution in [0.5, 0.6) is 0 Å². The third-order valence-electron chi connectivity index (χ3n) is 11.7. The van der Waals surface area contributed by atoms with Gasteiger partial charge in [-0.25, -0.2) is 32.9 Å². The van der Waals surface area contributed by atoms with Gasteiger partial charge in [-0.1, -0.05) is 39.3 Å². The van der Waals surface area contributed by atoms with Crippen molar-refractivity contribution in [2.45, 2.75) is 155 Å². The zero-order valence-corrected chi connectivity index (χ0v) is 42.5. The minimum absolute atomic E-state index is 0.144. The summed E-state index contributed by atoms with van der Waals surface area (Å²) < 4.78 is 66.9. The number of nitrogens with one attached hydrogen (secondary N) is 1. The van der Waals surface area contributed by atoms with E-state index in [2.05, 4.69) is 44.3 Å². The highest BCUT2D eigenvalue weighted by atomic mass is 28.3. The zero-order chi connectivity index (χ0) is 47.2. The summed E-state index contributed by atoms with van der Waals surface area (Å²) >= 11 is 0. The Morgan fingerprint density at radius 1 is 0.785 bits per heavy atom. The number of aromatic amines is 1. The number of H-pyrrole nitrogens is 1. The number of furan rings is 1. The first-order valence-corrected chi connectivity index (χ1v) is 30.5. The minimum atomic E-state index is -1.38. The molecule has 2 fully saturated rings. The van der Waals surface area contributed by atoms with Crippen LogP contribution in [0.25, 0.3) is 44.7 Å². The molecule has 1 N–H and O–H groups in total. The molecule has 65 heavy (non-hydrogen) atoms. The monoisotopic (exact) mass is 935 g/mol. The molecule has 3 aromatic heterocycles. The van der Waals surface area contributed by atoms with E-state index in [9.17, 15) is 9.59 Å². The van der Waals surface area contributed by atoms with Crippen LogP contribution in [-0.4, -0.2) is 90.2 Å². The molecule has 354 valence electrons. The summed E-state index contributed by atoms with van der Waals surface area (Å²) in [7, 11) is -2.76. The van der Waals surface area contributed by atoms with E-state index in [0.717, 1.165) is 30.8 Å². The Morgan fingerprint density at radius 3 is 1.91 bits per heavy atom. The molecule has 7 rings (SSSR count). The van der Waals surface area contributed by atoms with Crippen LogP contribution in [0.15, 0.2) is 40.8 Å². The first-order chi connectivity index (χ1) is 30.4. The highest BCUT2D eigenvalue weighted by Crippen LogP contribution is 2.39. The number of rotatable bonds is 14. The van der Waals surface area contributed by atoms with Gasteiger partial charge in [0.1, 0.15) is 53.0 Å². The zero-order valence-electron chi connectivity index (χ0n) is 40.5. The number of aromatic nitrogens is 4. The fraction of sp³-hybridized carbons (Fsp3) is 0.583. The molecule has 0 spiro atoms. The van der Waals surface area contributed by atoms with Crippen LogP contribution in [0.2, 0.25) is 51.4 Å². The molecule has 2 amide bonds. The largest absolute Gasteiger partial charge is 0.456 e. The topological polar surface area (TPSA) is 128 Å². The van der Waals surface area contributed by atoms with Gasteiger partial charge in [0.2, 0.25) is 0 Å². The summed E-state index contributed by atoms with van der Waals surface area (Å²) in [5, 5.41) is 0. The molecule has 2 aliphatic rings. The minimum Gasteiger partial charge on any atom is -0.456 e. The van der Waals surface area contributed by atoms with E-state index in [1.54, 1.807) is 34.1 Å². The smallest absolute Gasteiger partial charge is 0.411 e. The Labute approximate surface area is 383 Å². The number of carbonyl (C=O) groups is 2. The molecule has 2 unspecified atom stereocenters. The summed E-state index contributed by atoms with van der Waals surface area (Å²) in [4.78, 5) is 38.8. The molecule has 17 heteroatoms. The van der Waals surface area contributed by atoms with Crippen LogP contribution in [-0.2, 0) is 32.4 Å². The van der Waals surface area contributed by atoms with Crippen molar-refractivity contribution >= 4 is 50.4 Å². The van der Waals surface area contributed by atoms with Gasteiger partial charge in [0.25, 0.3) is 5.82 Å². The van der Waals surface area contributed by atoms with E-state index >= 15 is 8.78 Å². The van der Waals surface area contributed by atoms with Crippen molar-refractivity contribution < 1.29 is 46.3 Å². The number of imidazole rings is 2. The number of ether oxygens (including phenoxy) is 4. The highest BCUT2D eigenvalue weighted by Gasteiger charge is 2.41. The summed E-state index contributed by atoms with van der Waals surface area (Å²) in [6.07, 6.45) is 2.09. The average molecular weight is 936 g/mol. The molecular weight excluding hydrogens is 867 g/mol. The van der Waals surface area contributed by atoms with E-state index in [1.165, 1.54) is 12.1 Å². The molecule has 2 saturated heterocycles. The molecule has 0 aliphatic carbocycles. The second-order valence-corrected chi connectivity index (χ2v) is 33.3. The summed E-state index contributed by atoms with van der Waals surface area (Å²) in [6, 6.07) is 10.7. The third kappa shape index (κ3) is 11.5. The fourth-order valence-electron chi connectivity index (χ4n) is 8.42. The van der Waals surface area contributed by atoms with E-state index in [-0.39, 0.29) is 42.2 Å². The first kappa shape index (κ1) is 48.3. The molecule has 0 radical (unpaired) electrons. The summed E-state index contributed by atoms with van der Waals surface area (Å²) in [6.45, 7) is 27.2. The van der Waals surface area contributed by atoms with Crippen LogP contribution in [0, 0.1) is 11.6 Å². The molecule has 5 aromatic rings. The van der Waals surface area contributed by atoms with Crippen LogP contribution < -0.4 is 4.57 Å². The van der Waals surface area contributed by atoms with Gasteiger partial charge in [0.15, 0.2) is 17.8 Å². The van der Waals surface area contributed by atoms with Crippen LogP contribution in [0.4, 0.5) is 18.4 Å². The lowest BCUT2D eigenvalue weighted by Gasteiger charge is -2.28. The predicted molar refractivity (Wildman–Crippen MR) is 253 cm³/mol.